The SMILES string of the molecule is [2H]OOC(C(=C)C([2H])([2H])[2H])c1ccccc1. The van der Waals surface area contributed by atoms with E-state index in [1.807, 2.05) is 0 Å². The summed E-state index contributed by atoms with van der Waals surface area (Å²) < 4.78 is 28.2. The van der Waals surface area contributed by atoms with Crippen LogP contribution in [0.1, 0.15) is 22.6 Å². The molecular formula is C10H12O2. The lowest BCUT2D eigenvalue weighted by Crippen LogP contribution is -2.01. The van der Waals surface area contributed by atoms with Crippen LogP contribution in [0.5, 0.6) is 0 Å². The standard InChI is InChI=1S/C10H12O2/c1-8(2)10(12-11)9-6-4-3-5-7-9/h3-7,10-11H,1H2,2H3/i2D3/hD. The minimum atomic E-state index is -2.35. The molecule has 1 N–H and O–H groups in total. The third-order valence-electron chi connectivity index (χ3n) is 1.52. The molecule has 0 fully saturated rings. The highest BCUT2D eigenvalue weighted by molar-refractivity contribution is 5.23. The molecule has 0 aliphatic heterocycles. The molecule has 1 aromatic rings. The molecule has 0 saturated heterocycles. The molecule has 12 heavy (non-hydrogen) atoms. The van der Waals surface area contributed by atoms with Crippen molar-refractivity contribution in [1.29, 1.82) is 1.43 Å². The van der Waals surface area contributed by atoms with Crippen molar-refractivity contribution >= 4 is 0 Å². The van der Waals surface area contributed by atoms with Gasteiger partial charge in [-0.05, 0) is 18.0 Å². The Morgan fingerprint density at radius 2 is 2.42 bits per heavy atom. The Morgan fingerprint density at radius 3 is 3.00 bits per heavy atom. The van der Waals surface area contributed by atoms with E-state index in [0.29, 0.717) is 5.56 Å². The maximum absolute atomic E-state index is 7.23. The summed E-state index contributed by atoms with van der Waals surface area (Å²) in [5.41, 5.74) is 0.460. The Hall–Kier alpha value is -1.12. The summed E-state index contributed by atoms with van der Waals surface area (Å²) in [7, 11) is 0. The van der Waals surface area contributed by atoms with E-state index in [-0.39, 0.29) is 5.57 Å². The van der Waals surface area contributed by atoms with E-state index < -0.39 is 13.0 Å². The summed E-state index contributed by atoms with van der Waals surface area (Å²) in [5, 5.41) is 3.81. The zero-order valence-electron chi connectivity index (χ0n) is 10.5. The highest BCUT2D eigenvalue weighted by Crippen LogP contribution is 2.22. The second-order valence-corrected chi connectivity index (χ2v) is 2.41. The van der Waals surface area contributed by atoms with Crippen molar-refractivity contribution in [2.75, 3.05) is 0 Å². The predicted octanol–water partition coefficient (Wildman–Crippen LogP) is 2.79. The van der Waals surface area contributed by atoms with E-state index in [1.165, 1.54) is 0 Å². The molecule has 1 unspecified atom stereocenters. The number of hydrogen-bond donors (Lipinski definition) is 1. The lowest BCUT2D eigenvalue weighted by atomic mass is 10.0. The fourth-order valence-corrected chi connectivity index (χ4v) is 0.943. The number of hydrogen-bond acceptors (Lipinski definition) is 2. The monoisotopic (exact) mass is 168 g/mol. The summed E-state index contributed by atoms with van der Waals surface area (Å²) in [5.74, 6) is 0. The van der Waals surface area contributed by atoms with Crippen LogP contribution in [-0.2, 0) is 4.89 Å². The predicted molar refractivity (Wildman–Crippen MR) is 47.7 cm³/mol. The van der Waals surface area contributed by atoms with Crippen molar-refractivity contribution < 1.29 is 14.3 Å². The second kappa shape index (κ2) is 4.04. The lowest BCUT2D eigenvalue weighted by Gasteiger charge is -2.12. The summed E-state index contributed by atoms with van der Waals surface area (Å²) in [4.78, 5) is 4.62. The minimum Gasteiger partial charge on any atom is -0.251 e. The van der Waals surface area contributed by atoms with Crippen LogP contribution in [0.15, 0.2) is 42.5 Å². The molecule has 64 valence electrons. The molecule has 0 radical (unpaired) electrons. The molecule has 0 aliphatic carbocycles. The average Bonchev–Trinajstić information content (AvgIpc) is 2.25. The van der Waals surface area contributed by atoms with Crippen molar-refractivity contribution in [3.05, 3.63) is 48.0 Å². The molecule has 0 aromatic heterocycles. The Balaban J connectivity index is 2.97. The first-order valence-corrected chi connectivity index (χ1v) is 3.49. The van der Waals surface area contributed by atoms with Gasteiger partial charge in [0.1, 0.15) is 6.10 Å². The molecular weight excluding hydrogens is 152 g/mol. The summed E-state index contributed by atoms with van der Waals surface area (Å²) in [6.07, 6.45) is -0.966. The second-order valence-electron chi connectivity index (χ2n) is 2.41. The van der Waals surface area contributed by atoms with Crippen LogP contribution in [0.2, 0.25) is 0 Å². The minimum absolute atomic E-state index is 0.119. The zero-order valence-corrected chi connectivity index (χ0v) is 6.49. The van der Waals surface area contributed by atoms with Crippen LogP contribution in [0, 0.1) is 0 Å². The van der Waals surface area contributed by atoms with Gasteiger partial charge in [0.15, 0.2) is 0 Å². The Kier molecular flexibility index (Phi) is 1.62. The highest BCUT2D eigenvalue weighted by Gasteiger charge is 2.11. The van der Waals surface area contributed by atoms with Gasteiger partial charge in [-0.2, -0.15) is 0 Å². The topological polar surface area (TPSA) is 29.5 Å². The third-order valence-corrected chi connectivity index (χ3v) is 1.52. The molecule has 1 aromatic carbocycles. The van der Waals surface area contributed by atoms with Crippen LogP contribution in [0.4, 0.5) is 0 Å². The molecule has 0 bridgehead atoms. The normalized spacial score (nSPS) is 18.3. The zero-order chi connectivity index (χ0) is 12.2. The average molecular weight is 168 g/mol. The van der Waals surface area contributed by atoms with Crippen LogP contribution in [-0.4, -0.2) is 5.26 Å². The molecule has 0 saturated carbocycles. The van der Waals surface area contributed by atoms with Gasteiger partial charge in [-0.3, -0.25) is 5.26 Å². The highest BCUT2D eigenvalue weighted by atomic mass is 17.1. The largest absolute Gasteiger partial charge is 0.255 e. The van der Waals surface area contributed by atoms with E-state index in [1.54, 1.807) is 30.3 Å². The first kappa shape index (κ1) is 4.80. The molecule has 0 spiro atoms. The van der Waals surface area contributed by atoms with Crippen LogP contribution < -0.4 is 0 Å². The summed E-state index contributed by atoms with van der Waals surface area (Å²) >= 11 is 0. The van der Waals surface area contributed by atoms with Gasteiger partial charge in [-0.15, -0.1) is 0 Å². The quantitative estimate of drug-likeness (QED) is 0.425. The van der Waals surface area contributed by atoms with Gasteiger partial charge in [-0.25, -0.2) is 4.89 Å². The fraction of sp³-hybridized carbons (Fsp3) is 0.200. The van der Waals surface area contributed by atoms with Gasteiger partial charge in [0.05, 0.1) is 0 Å². The molecule has 2 nitrogen and oxygen atoms in total. The van der Waals surface area contributed by atoms with Gasteiger partial charge in [0.25, 0.3) is 1.43 Å². The van der Waals surface area contributed by atoms with Gasteiger partial charge < -0.3 is 0 Å². The number of rotatable bonds is 4. The number of benzene rings is 1. The van der Waals surface area contributed by atoms with Crippen molar-refractivity contribution in [3.63, 3.8) is 0 Å². The first-order valence-electron chi connectivity index (χ1n) is 5.40. The van der Waals surface area contributed by atoms with Crippen molar-refractivity contribution in [1.82, 2.24) is 0 Å². The van der Waals surface area contributed by atoms with Crippen molar-refractivity contribution in [3.8, 4) is 0 Å². The smallest absolute Gasteiger partial charge is 0.251 e. The van der Waals surface area contributed by atoms with Gasteiger partial charge in [0, 0.05) is 4.11 Å². The van der Waals surface area contributed by atoms with Gasteiger partial charge in [0.2, 0.25) is 0 Å². The van der Waals surface area contributed by atoms with Crippen LogP contribution in [0.3, 0.4) is 0 Å². The van der Waals surface area contributed by atoms with Gasteiger partial charge >= 0.3 is 0 Å². The van der Waals surface area contributed by atoms with E-state index in [0.717, 1.165) is 0 Å². The Labute approximate surface area is 77.7 Å². The summed E-state index contributed by atoms with van der Waals surface area (Å²) in [6.45, 7) is 1.12. The molecule has 0 amide bonds. The Bertz CT molecular complexity index is 348. The van der Waals surface area contributed by atoms with Crippen LogP contribution >= 0.6 is 0 Å². The maximum Gasteiger partial charge on any atom is 0.255 e. The first-order chi connectivity index (χ1) is 7.46. The molecule has 0 heterocycles. The third kappa shape index (κ3) is 1.94. The van der Waals surface area contributed by atoms with E-state index in [2.05, 4.69) is 16.7 Å². The molecule has 0 aliphatic rings. The lowest BCUT2D eigenvalue weighted by molar-refractivity contribution is -0.271. The molecule has 1 rings (SSSR count). The summed E-state index contributed by atoms with van der Waals surface area (Å²) in [6, 6.07) is 8.63. The van der Waals surface area contributed by atoms with Crippen LogP contribution in [0.25, 0.3) is 1.43 Å². The van der Waals surface area contributed by atoms with E-state index in [4.69, 9.17) is 5.54 Å². The van der Waals surface area contributed by atoms with E-state index in [9.17, 15) is 0 Å². The van der Waals surface area contributed by atoms with Crippen molar-refractivity contribution in [2.24, 2.45) is 0 Å². The maximum atomic E-state index is 7.23. The fourth-order valence-electron chi connectivity index (χ4n) is 0.943. The van der Waals surface area contributed by atoms with E-state index >= 15 is 0 Å². The molecule has 1 atom stereocenters. The van der Waals surface area contributed by atoms with Crippen molar-refractivity contribution in [2.45, 2.75) is 13.0 Å². The van der Waals surface area contributed by atoms with Gasteiger partial charge in [-0.1, -0.05) is 36.9 Å². The molecule has 2 heteroatoms. The Morgan fingerprint density at radius 1 is 1.67 bits per heavy atom.